The summed E-state index contributed by atoms with van der Waals surface area (Å²) in [6.45, 7) is 6.92. The van der Waals surface area contributed by atoms with Crippen LogP contribution in [0.1, 0.15) is 43.0 Å². The molecule has 1 aliphatic rings. The number of esters is 1. The number of hydrogen-bond donors (Lipinski definition) is 0. The van der Waals surface area contributed by atoms with Crippen LogP contribution >= 0.6 is 0 Å². The Balaban J connectivity index is 1.46. The van der Waals surface area contributed by atoms with Crippen molar-refractivity contribution in [2.75, 3.05) is 6.61 Å². The maximum atomic E-state index is 13.3. The van der Waals surface area contributed by atoms with E-state index in [9.17, 15) is 4.79 Å². The Kier molecular flexibility index (Phi) is 12.1. The summed E-state index contributed by atoms with van der Waals surface area (Å²) in [7, 11) is 0. The van der Waals surface area contributed by atoms with Crippen molar-refractivity contribution in [2.24, 2.45) is 5.41 Å². The van der Waals surface area contributed by atoms with Crippen LogP contribution in [-0.4, -0.2) is 43.3 Å². The summed E-state index contributed by atoms with van der Waals surface area (Å²) in [6, 6.07) is 39.7. The summed E-state index contributed by atoms with van der Waals surface area (Å²) in [5.41, 5.74) is 3.26. The van der Waals surface area contributed by atoms with Gasteiger partial charge < -0.3 is 28.4 Å². The highest BCUT2D eigenvalue weighted by Crippen LogP contribution is 2.33. The third-order valence-electron chi connectivity index (χ3n) is 7.68. The molecule has 242 valence electrons. The van der Waals surface area contributed by atoms with E-state index in [0.717, 1.165) is 22.3 Å². The topological polar surface area (TPSA) is 72.5 Å². The van der Waals surface area contributed by atoms with Gasteiger partial charge in [0.1, 0.15) is 24.4 Å². The fraction of sp³-hybridized carbons (Fsp3) is 0.359. The summed E-state index contributed by atoms with van der Waals surface area (Å²) in [4.78, 5) is 13.3. The molecule has 5 atom stereocenters. The van der Waals surface area contributed by atoms with Crippen LogP contribution in [0.4, 0.5) is 0 Å². The van der Waals surface area contributed by atoms with Gasteiger partial charge in [0, 0.05) is 0 Å². The van der Waals surface area contributed by atoms with Gasteiger partial charge in [0.15, 0.2) is 0 Å². The molecule has 0 aromatic heterocycles. The lowest BCUT2D eigenvalue weighted by atomic mass is 9.96. The maximum Gasteiger partial charge on any atom is 0.313 e. The van der Waals surface area contributed by atoms with Crippen molar-refractivity contribution in [1.29, 1.82) is 0 Å². The minimum absolute atomic E-state index is 0.189. The Hall–Kier alpha value is -3.85. The largest absolute Gasteiger partial charge is 0.432 e. The summed E-state index contributed by atoms with van der Waals surface area (Å²) in [5, 5.41) is 0. The molecular weight excluding hydrogens is 580 g/mol. The van der Waals surface area contributed by atoms with Crippen LogP contribution < -0.4 is 0 Å². The van der Waals surface area contributed by atoms with E-state index in [4.69, 9.17) is 28.4 Å². The van der Waals surface area contributed by atoms with E-state index in [-0.39, 0.29) is 13.2 Å². The van der Waals surface area contributed by atoms with E-state index in [2.05, 4.69) is 0 Å². The van der Waals surface area contributed by atoms with Crippen molar-refractivity contribution in [2.45, 2.75) is 77.9 Å². The van der Waals surface area contributed by atoms with Crippen molar-refractivity contribution in [3.63, 3.8) is 0 Å². The normalized spacial score (nSPS) is 21.5. The van der Waals surface area contributed by atoms with Crippen molar-refractivity contribution >= 4 is 5.97 Å². The third kappa shape index (κ3) is 9.82. The minimum Gasteiger partial charge on any atom is -0.432 e. The zero-order chi connectivity index (χ0) is 32.2. The van der Waals surface area contributed by atoms with E-state index < -0.39 is 42.1 Å². The highest BCUT2D eigenvalue weighted by molar-refractivity contribution is 5.75. The van der Waals surface area contributed by atoms with Crippen LogP contribution in [0.15, 0.2) is 121 Å². The van der Waals surface area contributed by atoms with Gasteiger partial charge in [-0.2, -0.15) is 0 Å². The predicted molar refractivity (Wildman–Crippen MR) is 175 cm³/mol. The lowest BCUT2D eigenvalue weighted by Crippen LogP contribution is -2.62. The van der Waals surface area contributed by atoms with Crippen molar-refractivity contribution in [3.05, 3.63) is 144 Å². The zero-order valence-corrected chi connectivity index (χ0v) is 26.8. The molecule has 0 amide bonds. The van der Waals surface area contributed by atoms with Crippen molar-refractivity contribution < 1.29 is 33.2 Å². The maximum absolute atomic E-state index is 13.3. The van der Waals surface area contributed by atoms with Gasteiger partial charge in [0.25, 0.3) is 0 Å². The summed E-state index contributed by atoms with van der Waals surface area (Å²) >= 11 is 0. The molecule has 1 heterocycles. The average molecular weight is 625 g/mol. The molecule has 7 heteroatoms. The highest BCUT2D eigenvalue weighted by atomic mass is 16.7. The van der Waals surface area contributed by atoms with Gasteiger partial charge in [-0.15, -0.1) is 0 Å². The molecule has 7 nitrogen and oxygen atoms in total. The number of benzene rings is 4. The molecule has 0 aliphatic carbocycles. The van der Waals surface area contributed by atoms with Crippen LogP contribution in [0.2, 0.25) is 0 Å². The number of ether oxygens (including phenoxy) is 6. The van der Waals surface area contributed by atoms with E-state index in [1.54, 1.807) is 0 Å². The van der Waals surface area contributed by atoms with E-state index >= 15 is 0 Å². The van der Waals surface area contributed by atoms with E-state index in [1.165, 1.54) is 0 Å². The minimum atomic E-state index is -1.06. The molecule has 0 saturated carbocycles. The number of hydrogen-bond acceptors (Lipinski definition) is 7. The first-order chi connectivity index (χ1) is 22.4. The molecule has 46 heavy (non-hydrogen) atoms. The molecule has 4 aromatic rings. The zero-order valence-electron chi connectivity index (χ0n) is 26.8. The molecule has 0 unspecified atom stereocenters. The molecule has 0 radical (unpaired) electrons. The fourth-order valence-electron chi connectivity index (χ4n) is 5.12. The van der Waals surface area contributed by atoms with Crippen LogP contribution in [0, 0.1) is 5.41 Å². The number of carbonyl (C=O) groups excluding carboxylic acids is 1. The van der Waals surface area contributed by atoms with Crippen LogP contribution in [-0.2, 0) is 59.6 Å². The second-order valence-corrected chi connectivity index (χ2v) is 12.5. The smallest absolute Gasteiger partial charge is 0.313 e. The van der Waals surface area contributed by atoms with Gasteiger partial charge in [-0.3, -0.25) is 4.79 Å². The second kappa shape index (κ2) is 16.6. The monoisotopic (exact) mass is 624 g/mol. The van der Waals surface area contributed by atoms with Gasteiger partial charge in [-0.1, -0.05) is 121 Å². The van der Waals surface area contributed by atoms with E-state index in [0.29, 0.717) is 19.8 Å². The van der Waals surface area contributed by atoms with Crippen molar-refractivity contribution in [1.82, 2.24) is 0 Å². The van der Waals surface area contributed by atoms with Crippen LogP contribution in [0.25, 0.3) is 0 Å². The molecule has 5 rings (SSSR count). The summed E-state index contributed by atoms with van der Waals surface area (Å²) in [5.74, 6) is -0.403. The SMILES string of the molecule is CC(C)(C)C(=O)O[C@H]1O[C@H](COCc2ccccc2)[C@@H](OCc2ccccc2)[C@H](OCc2ccccc2)[C@H]1OCc1ccccc1. The van der Waals surface area contributed by atoms with Gasteiger partial charge in [0.2, 0.25) is 6.29 Å². The number of rotatable bonds is 14. The Labute approximate surface area is 272 Å². The molecule has 1 aliphatic heterocycles. The second-order valence-electron chi connectivity index (χ2n) is 12.5. The number of carbonyl (C=O) groups is 1. The molecule has 1 saturated heterocycles. The molecule has 4 aromatic carbocycles. The fourth-order valence-corrected chi connectivity index (χ4v) is 5.12. The quantitative estimate of drug-likeness (QED) is 0.137. The van der Waals surface area contributed by atoms with Gasteiger partial charge >= 0.3 is 5.97 Å². The van der Waals surface area contributed by atoms with Crippen LogP contribution in [0.3, 0.4) is 0 Å². The predicted octanol–water partition coefficient (Wildman–Crippen LogP) is 7.27. The third-order valence-corrected chi connectivity index (χ3v) is 7.68. The first kappa shape index (κ1) is 33.5. The summed E-state index contributed by atoms with van der Waals surface area (Å²) < 4.78 is 38.7. The standard InChI is InChI=1S/C39H44O7/c1-39(2,3)38(40)46-37-36(44-27-32-22-14-7-15-23-32)35(43-26-31-20-12-6-13-21-31)34(42-25-30-18-10-5-11-19-30)33(45-37)28-41-24-29-16-8-4-9-17-29/h4-23,33-37H,24-28H2,1-3H3/t33-,34-,35+,36-,37-/m1/s1. The lowest BCUT2D eigenvalue weighted by Gasteiger charge is -2.45. The molecule has 0 spiro atoms. The highest BCUT2D eigenvalue weighted by Gasteiger charge is 2.50. The average Bonchev–Trinajstić information content (AvgIpc) is 3.07. The van der Waals surface area contributed by atoms with Gasteiger partial charge in [-0.05, 0) is 43.0 Å². The Bertz CT molecular complexity index is 1440. The first-order valence-corrected chi connectivity index (χ1v) is 15.8. The Morgan fingerprint density at radius 3 is 1.39 bits per heavy atom. The first-order valence-electron chi connectivity index (χ1n) is 15.8. The lowest BCUT2D eigenvalue weighted by molar-refractivity contribution is -0.322. The van der Waals surface area contributed by atoms with E-state index in [1.807, 2.05) is 142 Å². The molecule has 1 fully saturated rings. The Morgan fingerprint density at radius 2 is 0.957 bits per heavy atom. The molecule has 0 bridgehead atoms. The van der Waals surface area contributed by atoms with Crippen LogP contribution in [0.5, 0.6) is 0 Å². The Morgan fingerprint density at radius 1 is 0.565 bits per heavy atom. The summed E-state index contributed by atoms with van der Waals surface area (Å²) in [6.07, 6.45) is -3.74. The van der Waals surface area contributed by atoms with Crippen molar-refractivity contribution in [3.8, 4) is 0 Å². The van der Waals surface area contributed by atoms with Gasteiger partial charge in [0.05, 0.1) is 38.4 Å². The van der Waals surface area contributed by atoms with Gasteiger partial charge in [-0.25, -0.2) is 0 Å². The molecule has 0 N–H and O–H groups in total. The molecular formula is C39H44O7.